The van der Waals surface area contributed by atoms with Gasteiger partial charge in [0.15, 0.2) is 0 Å². The van der Waals surface area contributed by atoms with Crippen LogP contribution in [0.25, 0.3) is 0 Å². The molecule has 0 rings (SSSR count). The van der Waals surface area contributed by atoms with Gasteiger partial charge in [0, 0.05) is 0 Å². The molecule has 0 saturated carbocycles. The molecule has 0 unspecified atom stereocenters. The molecule has 1 nitrogen and oxygen atoms in total. The van der Waals surface area contributed by atoms with E-state index >= 15 is 0 Å². The first kappa shape index (κ1) is 18.7. The van der Waals surface area contributed by atoms with E-state index in [-0.39, 0.29) is 0 Å². The minimum absolute atomic E-state index is 0.611. The SMILES string of the molecule is CCCCCCCCCCCC.C[S+](C)[O-]. The smallest absolute Gasteiger partial charge is 0.0946 e. The van der Waals surface area contributed by atoms with E-state index in [1.807, 2.05) is 0 Å². The minimum Gasteiger partial charge on any atom is -0.617 e. The summed E-state index contributed by atoms with van der Waals surface area (Å²) in [6, 6.07) is 0. The van der Waals surface area contributed by atoms with Gasteiger partial charge in [-0.2, -0.15) is 0 Å². The molecular weight excluding hydrogens is 216 g/mol. The third-order valence-electron chi connectivity index (χ3n) is 2.46. The average molecular weight is 248 g/mol. The molecule has 0 aliphatic heterocycles. The van der Waals surface area contributed by atoms with Crippen molar-refractivity contribution in [3.05, 3.63) is 0 Å². The fourth-order valence-electron chi connectivity index (χ4n) is 1.56. The summed E-state index contributed by atoms with van der Waals surface area (Å²) in [5.74, 6) is 0. The van der Waals surface area contributed by atoms with E-state index in [4.69, 9.17) is 0 Å². The number of unbranched alkanes of at least 4 members (excludes halogenated alkanes) is 9. The first-order valence-electron chi connectivity index (χ1n) is 6.90. The van der Waals surface area contributed by atoms with Crippen molar-refractivity contribution in [2.75, 3.05) is 12.5 Å². The molecule has 0 saturated heterocycles. The van der Waals surface area contributed by atoms with E-state index in [2.05, 4.69) is 13.8 Å². The molecule has 0 aliphatic rings. The van der Waals surface area contributed by atoms with E-state index in [0.717, 1.165) is 0 Å². The summed E-state index contributed by atoms with van der Waals surface area (Å²) in [5, 5.41) is 0. The van der Waals surface area contributed by atoms with Crippen LogP contribution in [0.4, 0.5) is 0 Å². The molecule has 0 atom stereocenters. The molecule has 0 amide bonds. The Morgan fingerprint density at radius 2 is 0.812 bits per heavy atom. The highest BCUT2D eigenvalue weighted by molar-refractivity contribution is 7.89. The van der Waals surface area contributed by atoms with Crippen molar-refractivity contribution in [2.45, 2.75) is 78.1 Å². The summed E-state index contributed by atoms with van der Waals surface area (Å²) >= 11 is -0.611. The van der Waals surface area contributed by atoms with Crippen LogP contribution in [-0.2, 0) is 11.2 Å². The van der Waals surface area contributed by atoms with Crippen LogP contribution in [0.1, 0.15) is 78.1 Å². The standard InChI is InChI=1S/C12H26.C2H6OS/c1-3-5-7-9-11-12-10-8-6-4-2;1-4(2)3/h3-12H2,1-2H3;1-2H3. The van der Waals surface area contributed by atoms with Crippen molar-refractivity contribution in [3.63, 3.8) is 0 Å². The van der Waals surface area contributed by atoms with E-state index in [0.29, 0.717) is 0 Å². The molecule has 0 aliphatic carbocycles. The van der Waals surface area contributed by atoms with Crippen LogP contribution in [0.5, 0.6) is 0 Å². The maximum Gasteiger partial charge on any atom is 0.0946 e. The molecule has 2 heteroatoms. The zero-order valence-corrected chi connectivity index (χ0v) is 12.7. The molecule has 0 spiro atoms. The molecule has 0 aromatic carbocycles. The van der Waals surface area contributed by atoms with Crippen LogP contribution in [0.15, 0.2) is 0 Å². The zero-order valence-electron chi connectivity index (χ0n) is 11.9. The van der Waals surface area contributed by atoms with E-state index in [1.54, 1.807) is 12.5 Å². The molecule has 0 radical (unpaired) electrons. The van der Waals surface area contributed by atoms with Gasteiger partial charge in [-0.15, -0.1) is 0 Å². The summed E-state index contributed by atoms with van der Waals surface area (Å²) in [7, 11) is 0. The largest absolute Gasteiger partial charge is 0.617 e. The molecule has 0 N–H and O–H groups in total. The van der Waals surface area contributed by atoms with Gasteiger partial charge < -0.3 is 4.55 Å². The molecule has 100 valence electrons. The fourth-order valence-corrected chi connectivity index (χ4v) is 1.56. The summed E-state index contributed by atoms with van der Waals surface area (Å²) in [5.41, 5.74) is 0. The van der Waals surface area contributed by atoms with E-state index < -0.39 is 11.2 Å². The summed E-state index contributed by atoms with van der Waals surface area (Å²) < 4.78 is 9.56. The maximum absolute atomic E-state index is 9.56. The van der Waals surface area contributed by atoms with Crippen molar-refractivity contribution in [3.8, 4) is 0 Å². The number of hydrogen-bond acceptors (Lipinski definition) is 1. The van der Waals surface area contributed by atoms with Gasteiger partial charge in [-0.1, -0.05) is 89.2 Å². The van der Waals surface area contributed by atoms with Gasteiger partial charge in [-0.25, -0.2) is 0 Å². The number of rotatable bonds is 9. The van der Waals surface area contributed by atoms with E-state index in [1.165, 1.54) is 64.2 Å². The van der Waals surface area contributed by atoms with Gasteiger partial charge in [0.05, 0.1) is 12.5 Å². The first-order valence-corrected chi connectivity index (χ1v) is 8.86. The van der Waals surface area contributed by atoms with E-state index in [9.17, 15) is 4.55 Å². The van der Waals surface area contributed by atoms with Crippen LogP contribution in [0, 0.1) is 0 Å². The number of hydrogen-bond donors (Lipinski definition) is 0. The van der Waals surface area contributed by atoms with Crippen molar-refractivity contribution in [1.29, 1.82) is 0 Å². The Morgan fingerprint density at radius 3 is 1.00 bits per heavy atom. The van der Waals surface area contributed by atoms with Gasteiger partial charge in [0.25, 0.3) is 0 Å². The topological polar surface area (TPSA) is 23.1 Å². The highest BCUT2D eigenvalue weighted by Gasteiger charge is 1.90. The second-order valence-corrected chi connectivity index (χ2v) is 6.05. The Balaban J connectivity index is 0. The van der Waals surface area contributed by atoms with Crippen LogP contribution < -0.4 is 0 Å². The zero-order chi connectivity index (χ0) is 12.6. The lowest BCUT2D eigenvalue weighted by molar-refractivity contribution is 0.562. The normalized spacial score (nSPS) is 10.1. The average Bonchev–Trinajstić information content (AvgIpc) is 2.21. The molecule has 0 aromatic heterocycles. The Morgan fingerprint density at radius 1 is 0.625 bits per heavy atom. The molecule has 16 heavy (non-hydrogen) atoms. The molecular formula is C14H32OS. The summed E-state index contributed by atoms with van der Waals surface area (Å²) in [6.07, 6.45) is 17.7. The van der Waals surface area contributed by atoms with Gasteiger partial charge in [-0.3, -0.25) is 0 Å². The first-order chi connectivity index (χ1) is 7.65. The third kappa shape index (κ3) is 29.2. The Hall–Kier alpha value is 0.310. The highest BCUT2D eigenvalue weighted by atomic mass is 32.2. The molecule has 0 heterocycles. The lowest BCUT2D eigenvalue weighted by atomic mass is 10.1. The molecule has 0 fully saturated rings. The Bertz CT molecular complexity index is 92.2. The molecule has 0 bridgehead atoms. The fraction of sp³-hybridized carbons (Fsp3) is 1.00. The predicted molar refractivity (Wildman–Crippen MR) is 77.5 cm³/mol. The Kier molecular flexibility index (Phi) is 20.6. The predicted octanol–water partition coefficient (Wildman–Crippen LogP) is 4.92. The van der Waals surface area contributed by atoms with Gasteiger partial charge in [0.2, 0.25) is 0 Å². The van der Waals surface area contributed by atoms with Crippen LogP contribution >= 0.6 is 0 Å². The Labute approximate surface area is 107 Å². The van der Waals surface area contributed by atoms with Crippen LogP contribution in [-0.4, -0.2) is 17.1 Å². The second kappa shape index (κ2) is 17.7. The van der Waals surface area contributed by atoms with Crippen molar-refractivity contribution < 1.29 is 4.55 Å². The lowest BCUT2D eigenvalue weighted by Gasteiger charge is -1.99. The minimum atomic E-state index is -0.611. The highest BCUT2D eigenvalue weighted by Crippen LogP contribution is 2.09. The maximum atomic E-state index is 9.56. The summed E-state index contributed by atoms with van der Waals surface area (Å²) in [6.45, 7) is 4.56. The third-order valence-corrected chi connectivity index (χ3v) is 2.46. The van der Waals surface area contributed by atoms with Gasteiger partial charge in [-0.05, 0) is 0 Å². The lowest BCUT2D eigenvalue weighted by Crippen LogP contribution is -1.86. The second-order valence-electron chi connectivity index (χ2n) is 4.57. The van der Waals surface area contributed by atoms with Crippen molar-refractivity contribution in [1.82, 2.24) is 0 Å². The molecule has 0 aromatic rings. The monoisotopic (exact) mass is 248 g/mol. The quantitative estimate of drug-likeness (QED) is 0.419. The van der Waals surface area contributed by atoms with Crippen LogP contribution in [0.2, 0.25) is 0 Å². The van der Waals surface area contributed by atoms with Crippen LogP contribution in [0.3, 0.4) is 0 Å². The summed E-state index contributed by atoms with van der Waals surface area (Å²) in [4.78, 5) is 0. The van der Waals surface area contributed by atoms with Gasteiger partial charge in [0.1, 0.15) is 0 Å². The van der Waals surface area contributed by atoms with Crippen molar-refractivity contribution in [2.24, 2.45) is 0 Å². The van der Waals surface area contributed by atoms with Gasteiger partial charge >= 0.3 is 0 Å². The van der Waals surface area contributed by atoms with Crippen molar-refractivity contribution >= 4 is 11.2 Å².